The van der Waals surface area contributed by atoms with Gasteiger partial charge in [-0.3, -0.25) is 15.0 Å². The van der Waals surface area contributed by atoms with Crippen molar-refractivity contribution in [2.45, 2.75) is 12.7 Å². The van der Waals surface area contributed by atoms with Crippen LogP contribution in [0.3, 0.4) is 0 Å². The van der Waals surface area contributed by atoms with Gasteiger partial charge in [0, 0.05) is 38.8 Å². The topological polar surface area (TPSA) is 73.4 Å². The Labute approximate surface area is 169 Å². The maximum atomic E-state index is 13.0. The molecule has 0 atom stereocenters. The summed E-state index contributed by atoms with van der Waals surface area (Å²) in [5, 5.41) is 19.6. The van der Waals surface area contributed by atoms with Crippen molar-refractivity contribution in [2.75, 3.05) is 31.1 Å². The van der Waals surface area contributed by atoms with E-state index in [9.17, 15) is 23.3 Å². The molecule has 0 amide bonds. The molecule has 0 spiro atoms. The van der Waals surface area contributed by atoms with Gasteiger partial charge in [-0.25, -0.2) is 0 Å². The average Bonchev–Trinajstić information content (AvgIpc) is 2.68. The molecule has 0 bridgehead atoms. The summed E-state index contributed by atoms with van der Waals surface area (Å²) in [5.41, 5.74) is -0.131. The fourth-order valence-electron chi connectivity index (χ4n) is 3.26. The van der Waals surface area contributed by atoms with Crippen molar-refractivity contribution >= 4 is 23.0 Å². The van der Waals surface area contributed by atoms with E-state index in [1.807, 2.05) is 12.1 Å². The van der Waals surface area contributed by atoms with Crippen LogP contribution in [0.4, 0.5) is 24.5 Å². The van der Waals surface area contributed by atoms with E-state index >= 15 is 0 Å². The largest absolute Gasteiger partial charge is 0.418 e. The van der Waals surface area contributed by atoms with Crippen molar-refractivity contribution in [3.05, 3.63) is 68.2 Å². The smallest absolute Gasteiger partial charge is 0.363 e. The highest BCUT2D eigenvalue weighted by Gasteiger charge is 2.37. The van der Waals surface area contributed by atoms with E-state index in [1.165, 1.54) is 0 Å². The zero-order chi connectivity index (χ0) is 21.2. The Morgan fingerprint density at radius 3 is 2.28 bits per heavy atom. The molecular formula is C19H16ClF3N4O2. The molecular weight excluding hydrogens is 409 g/mol. The summed E-state index contributed by atoms with van der Waals surface area (Å²) in [6.07, 6.45) is -4.76. The Morgan fingerprint density at radius 2 is 1.76 bits per heavy atom. The summed E-state index contributed by atoms with van der Waals surface area (Å²) in [7, 11) is 0. The summed E-state index contributed by atoms with van der Waals surface area (Å²) < 4.78 is 39.1. The molecule has 3 rings (SSSR count). The molecule has 0 unspecified atom stereocenters. The van der Waals surface area contributed by atoms with Crippen LogP contribution in [-0.4, -0.2) is 36.0 Å². The van der Waals surface area contributed by atoms with Crippen molar-refractivity contribution < 1.29 is 18.1 Å². The predicted octanol–water partition coefficient (Wildman–Crippen LogP) is 4.46. The van der Waals surface area contributed by atoms with E-state index in [0.29, 0.717) is 44.4 Å². The van der Waals surface area contributed by atoms with Gasteiger partial charge in [0.15, 0.2) is 0 Å². The van der Waals surface area contributed by atoms with Crippen molar-refractivity contribution in [3.63, 3.8) is 0 Å². The standard InChI is InChI=1S/C19H16ClF3N4O2/c20-16-10-17(18(27(28)29)9-15(16)19(21,22)23)26-7-5-25(6-8-26)12-14-3-1-13(11-24)2-4-14/h1-4,9-10H,5-8,12H2. The van der Waals surface area contributed by atoms with E-state index in [1.54, 1.807) is 17.0 Å². The van der Waals surface area contributed by atoms with Gasteiger partial charge in [0.25, 0.3) is 5.69 Å². The van der Waals surface area contributed by atoms with Crippen LogP contribution < -0.4 is 4.90 Å². The number of rotatable bonds is 4. The first-order valence-corrected chi connectivity index (χ1v) is 9.08. The summed E-state index contributed by atoms with van der Waals surface area (Å²) in [6, 6.07) is 10.8. The molecule has 0 aromatic heterocycles. The Kier molecular flexibility index (Phi) is 5.96. The van der Waals surface area contributed by atoms with Gasteiger partial charge in [-0.05, 0) is 23.8 Å². The molecule has 0 radical (unpaired) electrons. The molecule has 0 saturated carbocycles. The van der Waals surface area contributed by atoms with E-state index in [2.05, 4.69) is 11.0 Å². The minimum Gasteiger partial charge on any atom is -0.363 e. The number of nitriles is 1. The summed E-state index contributed by atoms with van der Waals surface area (Å²) in [6.45, 7) is 2.64. The number of hydrogen-bond acceptors (Lipinski definition) is 5. The molecule has 1 fully saturated rings. The van der Waals surface area contributed by atoms with E-state index < -0.39 is 27.4 Å². The highest BCUT2D eigenvalue weighted by molar-refractivity contribution is 6.31. The lowest BCUT2D eigenvalue weighted by molar-refractivity contribution is -0.384. The zero-order valence-corrected chi connectivity index (χ0v) is 15.9. The molecule has 0 aliphatic carbocycles. The molecule has 1 aliphatic rings. The molecule has 10 heteroatoms. The van der Waals surface area contributed by atoms with Crippen molar-refractivity contribution in [1.29, 1.82) is 5.26 Å². The highest BCUT2D eigenvalue weighted by atomic mass is 35.5. The number of anilines is 1. The van der Waals surface area contributed by atoms with Crippen LogP contribution in [0.2, 0.25) is 5.02 Å². The van der Waals surface area contributed by atoms with Gasteiger partial charge >= 0.3 is 6.18 Å². The third-order valence-electron chi connectivity index (χ3n) is 4.77. The number of piperazine rings is 1. The quantitative estimate of drug-likeness (QED) is 0.535. The van der Waals surface area contributed by atoms with E-state index in [-0.39, 0.29) is 5.69 Å². The lowest BCUT2D eigenvalue weighted by Gasteiger charge is -2.36. The second-order valence-electron chi connectivity index (χ2n) is 6.65. The minimum absolute atomic E-state index is 0.0889. The van der Waals surface area contributed by atoms with Crippen LogP contribution in [0.5, 0.6) is 0 Å². The molecule has 2 aromatic rings. The fourth-order valence-corrected chi connectivity index (χ4v) is 3.52. The van der Waals surface area contributed by atoms with Gasteiger partial charge in [-0.15, -0.1) is 0 Å². The Balaban J connectivity index is 1.73. The van der Waals surface area contributed by atoms with Crippen molar-refractivity contribution in [1.82, 2.24) is 4.90 Å². The summed E-state index contributed by atoms with van der Waals surface area (Å²) in [4.78, 5) is 14.3. The molecule has 6 nitrogen and oxygen atoms in total. The fraction of sp³-hybridized carbons (Fsp3) is 0.316. The number of nitro groups is 1. The second kappa shape index (κ2) is 8.27. The number of benzene rings is 2. The second-order valence-corrected chi connectivity index (χ2v) is 7.05. The third-order valence-corrected chi connectivity index (χ3v) is 5.08. The molecule has 1 heterocycles. The van der Waals surface area contributed by atoms with Gasteiger partial charge in [0.1, 0.15) is 5.69 Å². The number of nitrogens with zero attached hydrogens (tertiary/aromatic N) is 4. The molecule has 2 aromatic carbocycles. The molecule has 29 heavy (non-hydrogen) atoms. The van der Waals surface area contributed by atoms with Crippen LogP contribution in [0.25, 0.3) is 0 Å². The first-order valence-electron chi connectivity index (χ1n) is 8.70. The van der Waals surface area contributed by atoms with Crippen LogP contribution in [0.15, 0.2) is 36.4 Å². The summed E-state index contributed by atoms with van der Waals surface area (Å²) >= 11 is 5.77. The van der Waals surface area contributed by atoms with Gasteiger partial charge in [-0.2, -0.15) is 18.4 Å². The van der Waals surface area contributed by atoms with E-state index in [0.717, 1.165) is 11.6 Å². The normalized spacial score (nSPS) is 15.2. The number of alkyl halides is 3. The van der Waals surface area contributed by atoms with Gasteiger partial charge in [-0.1, -0.05) is 23.7 Å². The minimum atomic E-state index is -4.76. The first-order chi connectivity index (χ1) is 13.7. The monoisotopic (exact) mass is 424 g/mol. The zero-order valence-electron chi connectivity index (χ0n) is 15.1. The van der Waals surface area contributed by atoms with Crippen molar-refractivity contribution in [2.24, 2.45) is 0 Å². The maximum Gasteiger partial charge on any atom is 0.418 e. The van der Waals surface area contributed by atoms with Crippen LogP contribution >= 0.6 is 11.6 Å². The Hall–Kier alpha value is -2.83. The lowest BCUT2D eigenvalue weighted by atomic mass is 10.1. The summed E-state index contributed by atoms with van der Waals surface area (Å²) in [5.74, 6) is 0. The SMILES string of the molecule is N#Cc1ccc(CN2CCN(c3cc(Cl)c(C(F)(F)F)cc3[N+](=O)[O-])CC2)cc1. The molecule has 1 saturated heterocycles. The Bertz CT molecular complexity index is 950. The van der Waals surface area contributed by atoms with Crippen LogP contribution in [0.1, 0.15) is 16.7 Å². The lowest BCUT2D eigenvalue weighted by Crippen LogP contribution is -2.46. The van der Waals surface area contributed by atoms with Gasteiger partial charge < -0.3 is 4.90 Å². The van der Waals surface area contributed by atoms with Crippen LogP contribution in [0, 0.1) is 21.4 Å². The maximum absolute atomic E-state index is 13.0. The van der Waals surface area contributed by atoms with Crippen LogP contribution in [-0.2, 0) is 12.7 Å². The van der Waals surface area contributed by atoms with Gasteiger partial charge in [0.2, 0.25) is 0 Å². The number of hydrogen-bond donors (Lipinski definition) is 0. The highest BCUT2D eigenvalue weighted by Crippen LogP contribution is 2.41. The molecule has 152 valence electrons. The molecule has 1 aliphatic heterocycles. The number of nitro benzene ring substituents is 1. The Morgan fingerprint density at radius 1 is 1.14 bits per heavy atom. The average molecular weight is 425 g/mol. The third kappa shape index (κ3) is 4.78. The molecule has 0 N–H and O–H groups in total. The predicted molar refractivity (Wildman–Crippen MR) is 102 cm³/mol. The van der Waals surface area contributed by atoms with Gasteiger partial charge in [0.05, 0.1) is 27.1 Å². The first kappa shape index (κ1) is 20.9. The number of halogens is 4. The van der Waals surface area contributed by atoms with Crippen molar-refractivity contribution in [3.8, 4) is 6.07 Å². The van der Waals surface area contributed by atoms with E-state index in [4.69, 9.17) is 16.9 Å².